The molecule has 1 aliphatic heterocycles. The maximum atomic E-state index is 14.2. The van der Waals surface area contributed by atoms with E-state index in [0.29, 0.717) is 22.0 Å². The van der Waals surface area contributed by atoms with Gasteiger partial charge in [-0.05, 0) is 40.5 Å². The fraction of sp³-hybridized carbons (Fsp3) is 0.100. The Morgan fingerprint density at radius 2 is 2.11 bits per heavy atom. The number of fused-ring (bicyclic) bond motifs is 1. The Morgan fingerprint density at radius 3 is 2.96 bits per heavy atom. The molecule has 27 heavy (non-hydrogen) atoms. The maximum absolute atomic E-state index is 14.2. The van der Waals surface area contributed by atoms with Gasteiger partial charge >= 0.3 is 0 Å². The molecule has 1 amide bonds. The first-order valence-corrected chi connectivity index (χ1v) is 9.20. The Labute approximate surface area is 162 Å². The van der Waals surface area contributed by atoms with Crippen LogP contribution in [0.25, 0.3) is 16.5 Å². The van der Waals surface area contributed by atoms with E-state index in [4.69, 9.17) is 5.73 Å². The second kappa shape index (κ2) is 5.61. The lowest BCUT2D eigenvalue weighted by molar-refractivity contribution is -0.122. The van der Waals surface area contributed by atoms with Gasteiger partial charge in [0, 0.05) is 9.87 Å². The van der Waals surface area contributed by atoms with Crippen molar-refractivity contribution < 1.29 is 9.18 Å². The van der Waals surface area contributed by atoms with Crippen molar-refractivity contribution in [3.63, 3.8) is 0 Å². The lowest BCUT2D eigenvalue weighted by atomic mass is 9.70. The molecule has 0 saturated carbocycles. The average molecular weight is 425 g/mol. The number of carbonyl (C=O) groups is 1. The number of hydrogen-bond acceptors (Lipinski definition) is 3. The molecule has 134 valence electrons. The molecule has 7 heteroatoms. The van der Waals surface area contributed by atoms with E-state index in [9.17, 15) is 9.18 Å². The Balaban J connectivity index is 1.89. The SMILES string of the molecule is NC1C(=O)NC23C=CC=CC2=CC(Br)=CC3=C1c1ccc(F)c2[nH]ncc12. The van der Waals surface area contributed by atoms with Gasteiger partial charge in [0.1, 0.15) is 22.9 Å². The smallest absolute Gasteiger partial charge is 0.242 e. The third-order valence-electron chi connectivity index (χ3n) is 5.25. The van der Waals surface area contributed by atoms with Gasteiger partial charge in [-0.25, -0.2) is 4.39 Å². The van der Waals surface area contributed by atoms with Crippen molar-refractivity contribution in [1.29, 1.82) is 0 Å². The van der Waals surface area contributed by atoms with E-state index in [1.165, 1.54) is 6.07 Å². The highest BCUT2D eigenvalue weighted by Gasteiger charge is 2.46. The summed E-state index contributed by atoms with van der Waals surface area (Å²) >= 11 is 3.56. The zero-order valence-corrected chi connectivity index (χ0v) is 15.5. The van der Waals surface area contributed by atoms with Crippen LogP contribution in [-0.4, -0.2) is 27.7 Å². The minimum absolute atomic E-state index is 0.285. The molecule has 2 aromatic rings. The summed E-state index contributed by atoms with van der Waals surface area (Å²) in [4.78, 5) is 12.8. The van der Waals surface area contributed by atoms with E-state index >= 15 is 0 Å². The largest absolute Gasteiger partial charge is 0.337 e. The minimum atomic E-state index is -0.885. The molecule has 5 nitrogen and oxygen atoms in total. The van der Waals surface area contributed by atoms with Crippen LogP contribution >= 0.6 is 15.9 Å². The van der Waals surface area contributed by atoms with Crippen molar-refractivity contribution in [2.45, 2.75) is 11.6 Å². The number of amides is 1. The Bertz CT molecular complexity index is 1170. The van der Waals surface area contributed by atoms with Crippen molar-refractivity contribution in [3.8, 4) is 0 Å². The second-order valence-electron chi connectivity index (χ2n) is 6.70. The summed E-state index contributed by atoms with van der Waals surface area (Å²) < 4.78 is 15.0. The first-order chi connectivity index (χ1) is 13.0. The van der Waals surface area contributed by atoms with Crippen molar-refractivity contribution >= 4 is 38.3 Å². The fourth-order valence-electron chi connectivity index (χ4n) is 4.03. The summed E-state index contributed by atoms with van der Waals surface area (Å²) in [5, 5.41) is 10.3. The van der Waals surface area contributed by atoms with Gasteiger partial charge in [-0.1, -0.05) is 46.3 Å². The van der Waals surface area contributed by atoms with Crippen molar-refractivity contribution in [1.82, 2.24) is 15.5 Å². The van der Waals surface area contributed by atoms with Gasteiger partial charge in [0.05, 0.1) is 6.20 Å². The molecule has 0 bridgehead atoms. The number of aromatic nitrogens is 2. The normalized spacial score (nSPS) is 26.5. The summed E-state index contributed by atoms with van der Waals surface area (Å²) in [6, 6.07) is 2.14. The highest BCUT2D eigenvalue weighted by atomic mass is 79.9. The Morgan fingerprint density at radius 1 is 1.26 bits per heavy atom. The van der Waals surface area contributed by atoms with Gasteiger partial charge in [-0.2, -0.15) is 5.10 Å². The second-order valence-corrected chi connectivity index (χ2v) is 7.62. The van der Waals surface area contributed by atoms with Gasteiger partial charge in [-0.3, -0.25) is 9.89 Å². The molecular weight excluding hydrogens is 411 g/mol. The first kappa shape index (κ1) is 16.4. The predicted molar refractivity (Wildman–Crippen MR) is 105 cm³/mol. The van der Waals surface area contributed by atoms with Crippen LogP contribution in [0, 0.1) is 5.82 Å². The lowest BCUT2D eigenvalue weighted by Gasteiger charge is -2.44. The van der Waals surface area contributed by atoms with Gasteiger partial charge in [0.2, 0.25) is 5.91 Å². The number of aromatic amines is 1. The Kier molecular flexibility index (Phi) is 3.41. The number of rotatable bonds is 1. The number of H-pyrrole nitrogens is 1. The molecule has 1 spiro atoms. The third kappa shape index (κ3) is 2.18. The van der Waals surface area contributed by atoms with E-state index < -0.39 is 17.4 Å². The molecular formula is C20H14BrFN4O. The van der Waals surface area contributed by atoms with E-state index in [1.54, 1.807) is 12.3 Å². The number of allylic oxidation sites excluding steroid dienone is 4. The number of nitrogens with one attached hydrogen (secondary N) is 2. The van der Waals surface area contributed by atoms with Gasteiger partial charge in [-0.15, -0.1) is 0 Å². The van der Waals surface area contributed by atoms with Crippen LogP contribution in [0.5, 0.6) is 0 Å². The van der Waals surface area contributed by atoms with Crippen molar-refractivity contribution in [2.75, 3.05) is 0 Å². The summed E-state index contributed by atoms with van der Waals surface area (Å²) in [6.45, 7) is 0. The number of halogens is 2. The van der Waals surface area contributed by atoms with Crippen LogP contribution in [0.4, 0.5) is 4.39 Å². The van der Waals surface area contributed by atoms with Crippen LogP contribution < -0.4 is 11.1 Å². The predicted octanol–water partition coefficient (Wildman–Crippen LogP) is 3.00. The average Bonchev–Trinajstić information content (AvgIpc) is 3.14. The van der Waals surface area contributed by atoms with Crippen LogP contribution in [0.1, 0.15) is 5.56 Å². The summed E-state index contributed by atoms with van der Waals surface area (Å²) in [6.07, 6.45) is 13.2. The van der Waals surface area contributed by atoms with E-state index in [2.05, 4.69) is 31.4 Å². The number of nitrogens with zero attached hydrogens (tertiary/aromatic N) is 1. The molecule has 0 saturated heterocycles. The number of carbonyl (C=O) groups excluding carboxylic acids is 1. The molecule has 2 atom stereocenters. The highest BCUT2D eigenvalue weighted by molar-refractivity contribution is 9.11. The first-order valence-electron chi connectivity index (χ1n) is 8.41. The summed E-state index contributed by atoms with van der Waals surface area (Å²) in [5.41, 5.74) is 8.96. The van der Waals surface area contributed by atoms with Crippen LogP contribution in [0.3, 0.4) is 0 Å². The molecule has 4 N–H and O–H groups in total. The molecule has 1 aromatic heterocycles. The summed E-state index contributed by atoms with van der Waals surface area (Å²) in [7, 11) is 0. The van der Waals surface area contributed by atoms with E-state index in [-0.39, 0.29) is 5.91 Å². The lowest BCUT2D eigenvalue weighted by Crippen LogP contribution is -2.60. The number of hydrogen-bond donors (Lipinski definition) is 3. The number of benzene rings is 1. The molecule has 0 fully saturated rings. The van der Waals surface area contributed by atoms with Crippen LogP contribution in [0.15, 0.2) is 70.4 Å². The minimum Gasteiger partial charge on any atom is -0.337 e. The third-order valence-corrected chi connectivity index (χ3v) is 5.71. The van der Waals surface area contributed by atoms with E-state index in [1.807, 2.05) is 36.5 Å². The number of nitrogens with two attached hydrogens (primary N) is 1. The molecule has 2 aliphatic carbocycles. The maximum Gasteiger partial charge on any atom is 0.242 e. The van der Waals surface area contributed by atoms with Gasteiger partial charge < -0.3 is 11.1 Å². The topological polar surface area (TPSA) is 83.8 Å². The molecule has 0 radical (unpaired) electrons. The van der Waals surface area contributed by atoms with Gasteiger partial charge in [0.15, 0.2) is 0 Å². The fourth-order valence-corrected chi connectivity index (χ4v) is 4.50. The van der Waals surface area contributed by atoms with E-state index in [0.717, 1.165) is 15.6 Å². The zero-order chi connectivity index (χ0) is 18.8. The zero-order valence-electron chi connectivity index (χ0n) is 14.0. The van der Waals surface area contributed by atoms with Crippen LogP contribution in [-0.2, 0) is 4.79 Å². The monoisotopic (exact) mass is 424 g/mol. The molecule has 1 aromatic carbocycles. The summed E-state index contributed by atoms with van der Waals surface area (Å²) in [5.74, 6) is -0.686. The standard InChI is InChI=1S/C20H14BrFN4O/c21-11-7-10-3-1-2-6-20(10)14(8-11)16(17(23)19(27)25-20)12-4-5-15(22)18-13(12)9-24-26-18/h1-9,17H,23H2,(H,24,26)(H,25,27). The Hall–Kier alpha value is -2.77. The van der Waals surface area contributed by atoms with Crippen molar-refractivity contribution in [3.05, 3.63) is 81.8 Å². The van der Waals surface area contributed by atoms with Crippen LogP contribution in [0.2, 0.25) is 0 Å². The molecule has 2 heterocycles. The van der Waals surface area contributed by atoms with Crippen molar-refractivity contribution in [2.24, 2.45) is 5.73 Å². The molecule has 5 rings (SSSR count). The highest BCUT2D eigenvalue weighted by Crippen LogP contribution is 2.45. The molecule has 2 unspecified atom stereocenters. The molecule has 3 aliphatic rings. The van der Waals surface area contributed by atoms with Gasteiger partial charge in [0.25, 0.3) is 0 Å². The quantitative estimate of drug-likeness (QED) is 0.657.